The van der Waals surface area contributed by atoms with Crippen LogP contribution < -0.4 is 15.6 Å². The lowest BCUT2D eigenvalue weighted by molar-refractivity contribution is 0.147. The standard InChI is InChI=1S/C28H28Cl2N2O4/c1-4-32(5-2)15-8-9-16-21(12-15)36-28-20(30)14-18-22-17(13-19(29)23(16)24(22)28)26(33)25(27(18)34)31-10-7-11-35-6-3/h8-9,12-14,31,34H,4-7,10-11H2,1-3H3. The van der Waals surface area contributed by atoms with E-state index in [0.717, 1.165) is 29.5 Å². The summed E-state index contributed by atoms with van der Waals surface area (Å²) < 4.78 is 11.7. The molecule has 1 heterocycles. The molecule has 0 fully saturated rings. The quantitative estimate of drug-likeness (QED) is 0.0901. The second-order valence-corrected chi connectivity index (χ2v) is 9.57. The van der Waals surface area contributed by atoms with E-state index in [0.29, 0.717) is 68.9 Å². The van der Waals surface area contributed by atoms with Crippen LogP contribution in [-0.4, -0.2) is 38.0 Å². The number of nitrogens with zero attached hydrogens (tertiary/aromatic N) is 1. The van der Waals surface area contributed by atoms with Gasteiger partial charge in [-0.1, -0.05) is 23.2 Å². The van der Waals surface area contributed by atoms with Crippen LogP contribution >= 0.6 is 23.2 Å². The van der Waals surface area contributed by atoms with Crippen LogP contribution in [0.25, 0.3) is 43.5 Å². The molecule has 5 rings (SSSR count). The molecule has 0 saturated heterocycles. The van der Waals surface area contributed by atoms with Gasteiger partial charge in [0.25, 0.3) is 0 Å². The van der Waals surface area contributed by atoms with Crippen molar-refractivity contribution in [3.05, 3.63) is 50.6 Å². The molecule has 6 nitrogen and oxygen atoms in total. The van der Waals surface area contributed by atoms with E-state index in [2.05, 4.69) is 24.1 Å². The third-order valence-electron chi connectivity index (χ3n) is 6.77. The van der Waals surface area contributed by atoms with Crippen molar-refractivity contribution in [2.75, 3.05) is 43.1 Å². The van der Waals surface area contributed by atoms with Crippen LogP contribution in [0.5, 0.6) is 5.75 Å². The predicted octanol–water partition coefficient (Wildman–Crippen LogP) is 7.39. The molecular weight excluding hydrogens is 499 g/mol. The number of fused-ring (bicyclic) bond motifs is 2. The fourth-order valence-electron chi connectivity index (χ4n) is 5.04. The zero-order valence-corrected chi connectivity index (χ0v) is 22.0. The summed E-state index contributed by atoms with van der Waals surface area (Å²) in [6, 6.07) is 9.36. The monoisotopic (exact) mass is 526 g/mol. The van der Waals surface area contributed by atoms with E-state index >= 15 is 0 Å². The molecule has 1 aromatic heterocycles. The Morgan fingerprint density at radius 1 is 0.972 bits per heavy atom. The Balaban J connectivity index is 1.78. The molecule has 0 aliphatic heterocycles. The third kappa shape index (κ3) is 3.88. The fraction of sp³-hybridized carbons (Fsp3) is 0.321. The molecule has 188 valence electrons. The summed E-state index contributed by atoms with van der Waals surface area (Å²) in [7, 11) is 0. The Morgan fingerprint density at radius 2 is 1.72 bits per heavy atom. The van der Waals surface area contributed by atoms with Gasteiger partial charge in [0.1, 0.15) is 11.3 Å². The van der Waals surface area contributed by atoms with E-state index in [1.54, 1.807) is 12.1 Å². The molecule has 0 spiro atoms. The Morgan fingerprint density at radius 3 is 2.44 bits per heavy atom. The van der Waals surface area contributed by atoms with E-state index in [1.165, 1.54) is 0 Å². The highest BCUT2D eigenvalue weighted by Crippen LogP contribution is 2.47. The highest BCUT2D eigenvalue weighted by Gasteiger charge is 2.24. The lowest BCUT2D eigenvalue weighted by Crippen LogP contribution is -2.21. The van der Waals surface area contributed by atoms with Gasteiger partial charge in [0.15, 0.2) is 11.3 Å². The van der Waals surface area contributed by atoms with Gasteiger partial charge < -0.3 is 24.5 Å². The van der Waals surface area contributed by atoms with Crippen LogP contribution in [0.2, 0.25) is 10.0 Å². The van der Waals surface area contributed by atoms with Crippen molar-refractivity contribution in [2.24, 2.45) is 0 Å². The number of benzene rings is 4. The molecule has 0 aliphatic carbocycles. The Kier molecular flexibility index (Phi) is 6.77. The van der Waals surface area contributed by atoms with Crippen molar-refractivity contribution in [1.82, 2.24) is 0 Å². The fourth-order valence-corrected chi connectivity index (χ4v) is 5.59. The second-order valence-electron chi connectivity index (χ2n) is 8.75. The van der Waals surface area contributed by atoms with Crippen molar-refractivity contribution in [1.29, 1.82) is 0 Å². The molecule has 5 aromatic rings. The maximum absolute atomic E-state index is 13.5. The van der Waals surface area contributed by atoms with Crippen molar-refractivity contribution in [2.45, 2.75) is 27.2 Å². The summed E-state index contributed by atoms with van der Waals surface area (Å²) in [5, 5.41) is 18.7. The van der Waals surface area contributed by atoms with Gasteiger partial charge in [-0.2, -0.15) is 0 Å². The van der Waals surface area contributed by atoms with Crippen LogP contribution in [0.4, 0.5) is 11.4 Å². The minimum Gasteiger partial charge on any atom is -0.505 e. The highest BCUT2D eigenvalue weighted by molar-refractivity contribution is 6.45. The summed E-state index contributed by atoms with van der Waals surface area (Å²) >= 11 is 13.6. The van der Waals surface area contributed by atoms with E-state index in [-0.39, 0.29) is 16.9 Å². The van der Waals surface area contributed by atoms with Gasteiger partial charge in [0, 0.05) is 76.9 Å². The number of phenolic OH excluding ortho intramolecular Hbond substituents is 1. The Bertz CT molecular complexity index is 1640. The largest absolute Gasteiger partial charge is 0.505 e. The van der Waals surface area contributed by atoms with Gasteiger partial charge in [0.05, 0.1) is 10.0 Å². The number of halogens is 2. The highest BCUT2D eigenvalue weighted by atomic mass is 35.5. The molecule has 0 atom stereocenters. The zero-order valence-electron chi connectivity index (χ0n) is 20.5. The maximum atomic E-state index is 13.5. The van der Waals surface area contributed by atoms with Gasteiger partial charge in [-0.25, -0.2) is 0 Å². The van der Waals surface area contributed by atoms with Crippen LogP contribution in [0.15, 0.2) is 39.5 Å². The molecule has 0 unspecified atom stereocenters. The number of ether oxygens (including phenoxy) is 1. The number of aromatic hydroxyl groups is 1. The first-order chi connectivity index (χ1) is 17.4. The second kappa shape index (κ2) is 9.85. The van der Waals surface area contributed by atoms with Gasteiger partial charge in [-0.05, 0) is 51.5 Å². The first kappa shape index (κ1) is 24.8. The molecule has 2 N–H and O–H groups in total. The van der Waals surface area contributed by atoms with Gasteiger partial charge in [-0.3, -0.25) is 4.79 Å². The average Bonchev–Trinajstić information content (AvgIpc) is 2.87. The van der Waals surface area contributed by atoms with E-state index in [4.69, 9.17) is 32.4 Å². The molecule has 8 heteroatoms. The molecule has 0 radical (unpaired) electrons. The molecule has 36 heavy (non-hydrogen) atoms. The summed E-state index contributed by atoms with van der Waals surface area (Å²) in [5.74, 6) is -0.131. The van der Waals surface area contributed by atoms with Crippen molar-refractivity contribution in [3.63, 3.8) is 0 Å². The Hall–Kier alpha value is -2.93. The molecular formula is C28H28Cl2N2O4. The van der Waals surface area contributed by atoms with Gasteiger partial charge in [0.2, 0.25) is 5.43 Å². The van der Waals surface area contributed by atoms with Crippen molar-refractivity contribution in [3.8, 4) is 5.75 Å². The lowest BCUT2D eigenvalue weighted by Gasteiger charge is -2.22. The van der Waals surface area contributed by atoms with E-state index < -0.39 is 0 Å². The molecule has 0 saturated carbocycles. The number of rotatable bonds is 9. The minimum atomic E-state index is -0.319. The molecule has 0 bridgehead atoms. The molecule has 0 amide bonds. The summed E-state index contributed by atoms with van der Waals surface area (Å²) in [6.45, 7) is 9.55. The number of hydrogen-bond acceptors (Lipinski definition) is 6. The first-order valence-electron chi connectivity index (χ1n) is 12.3. The number of hydrogen-bond donors (Lipinski definition) is 2. The van der Waals surface area contributed by atoms with E-state index in [9.17, 15) is 9.90 Å². The summed E-state index contributed by atoms with van der Waals surface area (Å²) in [6.07, 6.45) is 0.694. The normalized spacial score (nSPS) is 11.9. The molecule has 4 aromatic carbocycles. The van der Waals surface area contributed by atoms with Crippen molar-refractivity contribution < 1.29 is 14.3 Å². The summed E-state index contributed by atoms with van der Waals surface area (Å²) in [4.78, 5) is 15.7. The van der Waals surface area contributed by atoms with Crippen LogP contribution in [0.3, 0.4) is 0 Å². The van der Waals surface area contributed by atoms with Crippen LogP contribution in [-0.2, 0) is 4.74 Å². The van der Waals surface area contributed by atoms with Crippen LogP contribution in [0, 0.1) is 0 Å². The first-order valence-corrected chi connectivity index (χ1v) is 13.0. The predicted molar refractivity (Wildman–Crippen MR) is 151 cm³/mol. The average molecular weight is 527 g/mol. The Labute approximate surface area is 218 Å². The zero-order chi connectivity index (χ0) is 25.6. The SMILES string of the molecule is CCOCCCNc1c(O)c2cc(Cl)c3oc4cc(N(CC)CC)ccc4c4c(Cl)cc(c1=O)c2c34. The maximum Gasteiger partial charge on any atom is 0.213 e. The number of nitrogens with one attached hydrogen (secondary N) is 1. The topological polar surface area (TPSA) is 74.9 Å². The number of phenols is 1. The lowest BCUT2D eigenvalue weighted by atomic mass is 9.93. The summed E-state index contributed by atoms with van der Waals surface area (Å²) in [5.41, 5.74) is 1.94. The van der Waals surface area contributed by atoms with Crippen molar-refractivity contribution >= 4 is 78.1 Å². The third-order valence-corrected chi connectivity index (χ3v) is 7.35. The molecule has 0 aliphatic rings. The van der Waals surface area contributed by atoms with Crippen LogP contribution in [0.1, 0.15) is 27.2 Å². The van der Waals surface area contributed by atoms with E-state index in [1.807, 2.05) is 25.1 Å². The van der Waals surface area contributed by atoms with Gasteiger partial charge in [-0.15, -0.1) is 0 Å². The van der Waals surface area contributed by atoms with Gasteiger partial charge >= 0.3 is 0 Å². The number of anilines is 2. The minimum absolute atomic E-state index is 0.131. The smallest absolute Gasteiger partial charge is 0.213 e.